The molecule has 3 rings (SSSR count). The summed E-state index contributed by atoms with van der Waals surface area (Å²) in [6.45, 7) is 0. The SMILES string of the molecule is NC(=O)C1C2CCC(O2)C1Cc1cc(F)ccc1CCC(=O)O. The molecule has 4 unspecified atom stereocenters. The van der Waals surface area contributed by atoms with E-state index in [9.17, 15) is 14.0 Å². The number of carboxylic acids is 1. The molecule has 2 heterocycles. The van der Waals surface area contributed by atoms with Crippen molar-refractivity contribution in [2.24, 2.45) is 17.6 Å². The largest absolute Gasteiger partial charge is 0.481 e. The number of carbonyl (C=O) groups excluding carboxylic acids is 1. The van der Waals surface area contributed by atoms with Gasteiger partial charge in [-0.25, -0.2) is 4.39 Å². The Labute approximate surface area is 133 Å². The quantitative estimate of drug-likeness (QED) is 0.834. The molecule has 0 aromatic heterocycles. The molecule has 0 radical (unpaired) electrons. The van der Waals surface area contributed by atoms with Crippen LogP contribution in [-0.2, 0) is 27.2 Å². The number of carbonyl (C=O) groups is 2. The fraction of sp³-hybridized carbons (Fsp3) is 0.529. The molecule has 2 saturated heterocycles. The smallest absolute Gasteiger partial charge is 0.303 e. The number of aryl methyl sites for hydroxylation is 1. The Hall–Kier alpha value is -1.95. The standard InChI is InChI=1S/C17H20FNO4/c18-11-3-1-9(2-6-15(20)21)10(7-11)8-12-13-4-5-14(23-13)16(12)17(19)22/h1,3,7,12-14,16H,2,4-6,8H2,(H2,19,22)(H,20,21). The maximum atomic E-state index is 13.6. The number of carboxylic acid groups (broad SMARTS) is 1. The molecule has 2 bridgehead atoms. The molecule has 2 fully saturated rings. The molecule has 0 spiro atoms. The molecule has 1 aromatic carbocycles. The number of hydrogen-bond acceptors (Lipinski definition) is 3. The average molecular weight is 321 g/mol. The first-order valence-electron chi connectivity index (χ1n) is 7.89. The van der Waals surface area contributed by atoms with E-state index in [0.717, 1.165) is 24.0 Å². The number of benzene rings is 1. The number of primary amides is 1. The number of rotatable bonds is 6. The summed E-state index contributed by atoms with van der Waals surface area (Å²) in [6, 6.07) is 4.39. The molecular formula is C17H20FNO4. The van der Waals surface area contributed by atoms with Crippen molar-refractivity contribution in [1.82, 2.24) is 0 Å². The van der Waals surface area contributed by atoms with Crippen LogP contribution in [0.2, 0.25) is 0 Å². The summed E-state index contributed by atoms with van der Waals surface area (Å²) in [5.41, 5.74) is 7.08. The topological polar surface area (TPSA) is 89.6 Å². The van der Waals surface area contributed by atoms with Gasteiger partial charge in [0.2, 0.25) is 5.91 Å². The van der Waals surface area contributed by atoms with Crippen molar-refractivity contribution in [3.8, 4) is 0 Å². The lowest BCUT2D eigenvalue weighted by Crippen LogP contribution is -2.38. The van der Waals surface area contributed by atoms with E-state index in [2.05, 4.69) is 0 Å². The Morgan fingerprint density at radius 3 is 2.70 bits per heavy atom. The van der Waals surface area contributed by atoms with Crippen LogP contribution < -0.4 is 5.73 Å². The minimum Gasteiger partial charge on any atom is -0.481 e. The third-order valence-corrected chi connectivity index (χ3v) is 4.99. The normalized spacial score (nSPS) is 28.9. The molecule has 4 atom stereocenters. The van der Waals surface area contributed by atoms with Gasteiger partial charge in [0.25, 0.3) is 0 Å². The van der Waals surface area contributed by atoms with Crippen molar-refractivity contribution in [2.45, 2.75) is 44.3 Å². The van der Waals surface area contributed by atoms with Crippen LogP contribution in [0.5, 0.6) is 0 Å². The Balaban J connectivity index is 1.82. The predicted molar refractivity (Wildman–Crippen MR) is 80.1 cm³/mol. The van der Waals surface area contributed by atoms with Crippen LogP contribution in [0.3, 0.4) is 0 Å². The lowest BCUT2D eigenvalue weighted by molar-refractivity contribution is -0.137. The highest BCUT2D eigenvalue weighted by Gasteiger charge is 2.51. The second kappa shape index (κ2) is 6.28. The first-order valence-corrected chi connectivity index (χ1v) is 7.89. The molecule has 2 aliphatic rings. The van der Waals surface area contributed by atoms with Crippen molar-refractivity contribution >= 4 is 11.9 Å². The lowest BCUT2D eigenvalue weighted by atomic mass is 9.75. The van der Waals surface area contributed by atoms with E-state index < -0.39 is 5.97 Å². The van der Waals surface area contributed by atoms with Crippen molar-refractivity contribution in [2.75, 3.05) is 0 Å². The number of nitrogens with two attached hydrogens (primary N) is 1. The fourth-order valence-electron chi connectivity index (χ4n) is 3.95. The maximum absolute atomic E-state index is 13.6. The molecule has 0 aliphatic carbocycles. The van der Waals surface area contributed by atoms with Gasteiger partial charge in [-0.2, -0.15) is 0 Å². The molecule has 23 heavy (non-hydrogen) atoms. The van der Waals surface area contributed by atoms with Gasteiger partial charge in [0, 0.05) is 12.3 Å². The molecule has 5 nitrogen and oxygen atoms in total. The number of ether oxygens (including phenoxy) is 1. The van der Waals surface area contributed by atoms with Gasteiger partial charge in [0.15, 0.2) is 0 Å². The first-order chi connectivity index (χ1) is 11.0. The van der Waals surface area contributed by atoms with E-state index in [1.807, 2.05) is 0 Å². The number of hydrogen-bond donors (Lipinski definition) is 2. The van der Waals surface area contributed by atoms with E-state index in [4.69, 9.17) is 15.6 Å². The van der Waals surface area contributed by atoms with E-state index in [-0.39, 0.29) is 42.2 Å². The summed E-state index contributed by atoms with van der Waals surface area (Å²) < 4.78 is 19.4. The molecule has 1 amide bonds. The highest BCUT2D eigenvalue weighted by molar-refractivity contribution is 5.78. The maximum Gasteiger partial charge on any atom is 0.303 e. The molecular weight excluding hydrogens is 301 g/mol. The third-order valence-electron chi connectivity index (χ3n) is 4.99. The van der Waals surface area contributed by atoms with Crippen LogP contribution in [0.25, 0.3) is 0 Å². The summed E-state index contributed by atoms with van der Waals surface area (Å²) in [4.78, 5) is 22.5. The van der Waals surface area contributed by atoms with E-state index in [1.165, 1.54) is 12.1 Å². The van der Waals surface area contributed by atoms with Crippen LogP contribution in [0, 0.1) is 17.7 Å². The summed E-state index contributed by atoms with van der Waals surface area (Å²) in [5, 5.41) is 8.85. The van der Waals surface area contributed by atoms with Gasteiger partial charge in [0.05, 0.1) is 18.1 Å². The summed E-state index contributed by atoms with van der Waals surface area (Å²) in [6.07, 6.45) is 2.40. The minimum absolute atomic E-state index is 0.00883. The van der Waals surface area contributed by atoms with Crippen molar-refractivity contribution < 1.29 is 23.8 Å². The second-order valence-corrected chi connectivity index (χ2v) is 6.39. The molecule has 124 valence electrons. The van der Waals surface area contributed by atoms with Crippen molar-refractivity contribution in [1.29, 1.82) is 0 Å². The van der Waals surface area contributed by atoms with Gasteiger partial charge in [-0.3, -0.25) is 9.59 Å². The van der Waals surface area contributed by atoms with Crippen molar-refractivity contribution in [3.63, 3.8) is 0 Å². The average Bonchev–Trinajstić information content (AvgIpc) is 3.07. The highest BCUT2D eigenvalue weighted by Crippen LogP contribution is 2.45. The van der Waals surface area contributed by atoms with Crippen LogP contribution in [0.1, 0.15) is 30.4 Å². The Bertz CT molecular complexity index is 633. The zero-order chi connectivity index (χ0) is 16.6. The lowest BCUT2D eigenvalue weighted by Gasteiger charge is -2.26. The number of fused-ring (bicyclic) bond motifs is 2. The van der Waals surface area contributed by atoms with Gasteiger partial charge in [-0.1, -0.05) is 6.07 Å². The van der Waals surface area contributed by atoms with Crippen LogP contribution in [-0.4, -0.2) is 29.2 Å². The summed E-state index contributed by atoms with van der Waals surface area (Å²) in [7, 11) is 0. The molecule has 1 aromatic rings. The van der Waals surface area contributed by atoms with E-state index in [1.54, 1.807) is 6.07 Å². The summed E-state index contributed by atoms with van der Waals surface area (Å²) >= 11 is 0. The Morgan fingerprint density at radius 1 is 1.26 bits per heavy atom. The molecule has 3 N–H and O–H groups in total. The monoisotopic (exact) mass is 321 g/mol. The number of halogens is 1. The van der Waals surface area contributed by atoms with Crippen molar-refractivity contribution in [3.05, 3.63) is 35.1 Å². The van der Waals surface area contributed by atoms with Gasteiger partial charge in [-0.15, -0.1) is 0 Å². The molecule has 2 aliphatic heterocycles. The Morgan fingerprint density at radius 2 is 2.00 bits per heavy atom. The van der Waals surface area contributed by atoms with Crippen LogP contribution in [0.15, 0.2) is 18.2 Å². The zero-order valence-corrected chi connectivity index (χ0v) is 12.7. The molecule has 6 heteroatoms. The van der Waals surface area contributed by atoms with Crippen LogP contribution >= 0.6 is 0 Å². The molecule has 0 saturated carbocycles. The zero-order valence-electron chi connectivity index (χ0n) is 12.7. The first kappa shape index (κ1) is 15.9. The van der Waals surface area contributed by atoms with Gasteiger partial charge < -0.3 is 15.6 Å². The highest BCUT2D eigenvalue weighted by atomic mass is 19.1. The second-order valence-electron chi connectivity index (χ2n) is 6.39. The van der Waals surface area contributed by atoms with E-state index >= 15 is 0 Å². The van der Waals surface area contributed by atoms with Crippen LogP contribution in [0.4, 0.5) is 4.39 Å². The van der Waals surface area contributed by atoms with Gasteiger partial charge >= 0.3 is 5.97 Å². The summed E-state index contributed by atoms with van der Waals surface area (Å²) in [5.74, 6) is -2.02. The number of amides is 1. The van der Waals surface area contributed by atoms with Gasteiger partial charge in [-0.05, 0) is 48.9 Å². The Kier molecular flexibility index (Phi) is 4.35. The van der Waals surface area contributed by atoms with Gasteiger partial charge in [0.1, 0.15) is 5.82 Å². The fourth-order valence-corrected chi connectivity index (χ4v) is 3.95. The minimum atomic E-state index is -0.890. The third kappa shape index (κ3) is 3.22. The number of aliphatic carboxylic acids is 1. The predicted octanol–water partition coefficient (Wildman–Crippen LogP) is 1.66. The van der Waals surface area contributed by atoms with E-state index in [0.29, 0.717) is 12.8 Å².